The van der Waals surface area contributed by atoms with Crippen LogP contribution in [0.5, 0.6) is 0 Å². The lowest BCUT2D eigenvalue weighted by Gasteiger charge is -2.22. The van der Waals surface area contributed by atoms with Crippen LogP contribution >= 0.6 is 0 Å². The number of nitrogens with zero attached hydrogens (tertiary/aromatic N) is 2. The zero-order chi connectivity index (χ0) is 11.8. The topological polar surface area (TPSA) is 81.1 Å². The van der Waals surface area contributed by atoms with Gasteiger partial charge >= 0.3 is 5.97 Å². The van der Waals surface area contributed by atoms with E-state index in [0.29, 0.717) is 5.56 Å². The standard InChI is InChI=1S/C10H17N3O2/c1-10(2,3)8-6(5-12-13(8)4)7(11)9(14)15/h5,7H,11H2,1-4H3,(H,14,15). The van der Waals surface area contributed by atoms with Crippen LogP contribution in [0.25, 0.3) is 0 Å². The molecule has 1 atom stereocenters. The van der Waals surface area contributed by atoms with Crippen molar-refractivity contribution in [2.45, 2.75) is 32.2 Å². The van der Waals surface area contributed by atoms with Crippen molar-refractivity contribution in [3.8, 4) is 0 Å². The Morgan fingerprint density at radius 1 is 1.60 bits per heavy atom. The minimum atomic E-state index is -1.03. The Morgan fingerprint density at radius 3 is 2.53 bits per heavy atom. The Bertz CT molecular complexity index is 377. The molecule has 0 amide bonds. The molecule has 0 saturated heterocycles. The molecule has 3 N–H and O–H groups in total. The number of aliphatic carboxylic acids is 1. The number of carbonyl (C=O) groups is 1. The molecule has 84 valence electrons. The van der Waals surface area contributed by atoms with Gasteiger partial charge in [-0.3, -0.25) is 9.48 Å². The summed E-state index contributed by atoms with van der Waals surface area (Å²) in [7, 11) is 1.79. The van der Waals surface area contributed by atoms with Crippen molar-refractivity contribution in [3.63, 3.8) is 0 Å². The minimum Gasteiger partial charge on any atom is -0.480 e. The van der Waals surface area contributed by atoms with Crippen LogP contribution in [0.1, 0.15) is 38.1 Å². The molecule has 1 rings (SSSR count). The normalized spacial score (nSPS) is 13.9. The van der Waals surface area contributed by atoms with Crippen LogP contribution in [0.15, 0.2) is 6.20 Å². The Morgan fingerprint density at radius 2 is 2.13 bits per heavy atom. The summed E-state index contributed by atoms with van der Waals surface area (Å²) in [6.07, 6.45) is 1.53. The smallest absolute Gasteiger partial charge is 0.325 e. The number of aromatic nitrogens is 2. The fourth-order valence-corrected chi connectivity index (χ4v) is 1.73. The van der Waals surface area contributed by atoms with Gasteiger partial charge < -0.3 is 10.8 Å². The number of aryl methyl sites for hydroxylation is 1. The second kappa shape index (κ2) is 3.66. The van der Waals surface area contributed by atoms with Gasteiger partial charge in [-0.05, 0) is 0 Å². The first-order chi connectivity index (χ1) is 6.75. The third-order valence-corrected chi connectivity index (χ3v) is 2.28. The molecule has 0 saturated carbocycles. The maximum atomic E-state index is 10.8. The van der Waals surface area contributed by atoms with Crippen molar-refractivity contribution in [1.29, 1.82) is 0 Å². The van der Waals surface area contributed by atoms with E-state index in [0.717, 1.165) is 5.69 Å². The van der Waals surface area contributed by atoms with Gasteiger partial charge in [-0.25, -0.2) is 0 Å². The maximum Gasteiger partial charge on any atom is 0.325 e. The number of carboxylic acid groups (broad SMARTS) is 1. The molecule has 0 aliphatic heterocycles. The van der Waals surface area contributed by atoms with Crippen molar-refractivity contribution in [2.75, 3.05) is 0 Å². The molecule has 0 aromatic carbocycles. The van der Waals surface area contributed by atoms with Gasteiger partial charge in [0.2, 0.25) is 0 Å². The van der Waals surface area contributed by atoms with Gasteiger partial charge in [0.25, 0.3) is 0 Å². The van der Waals surface area contributed by atoms with Crippen LogP contribution in [0.4, 0.5) is 0 Å². The van der Waals surface area contributed by atoms with Crippen LogP contribution in [0, 0.1) is 0 Å². The highest BCUT2D eigenvalue weighted by Crippen LogP contribution is 2.28. The SMILES string of the molecule is Cn1ncc(C(N)C(=O)O)c1C(C)(C)C. The lowest BCUT2D eigenvalue weighted by atomic mass is 9.87. The van der Waals surface area contributed by atoms with E-state index >= 15 is 0 Å². The Hall–Kier alpha value is -1.36. The van der Waals surface area contributed by atoms with Gasteiger partial charge in [0.1, 0.15) is 6.04 Å². The Balaban J connectivity index is 3.27. The molecular formula is C10H17N3O2. The fourth-order valence-electron chi connectivity index (χ4n) is 1.73. The number of hydrogen-bond acceptors (Lipinski definition) is 3. The largest absolute Gasteiger partial charge is 0.480 e. The van der Waals surface area contributed by atoms with E-state index in [9.17, 15) is 4.79 Å². The second-order valence-electron chi connectivity index (χ2n) is 4.64. The summed E-state index contributed by atoms with van der Waals surface area (Å²) in [6.45, 7) is 6.01. The molecule has 0 radical (unpaired) electrons. The summed E-state index contributed by atoms with van der Waals surface area (Å²) >= 11 is 0. The number of nitrogens with two attached hydrogens (primary N) is 1. The first-order valence-electron chi connectivity index (χ1n) is 4.76. The summed E-state index contributed by atoms with van der Waals surface area (Å²) in [5.41, 5.74) is 6.86. The van der Waals surface area contributed by atoms with Crippen LogP contribution in [0.2, 0.25) is 0 Å². The predicted molar refractivity (Wildman–Crippen MR) is 56.5 cm³/mol. The minimum absolute atomic E-state index is 0.173. The third kappa shape index (κ3) is 2.18. The van der Waals surface area contributed by atoms with E-state index in [1.807, 2.05) is 20.8 Å². The summed E-state index contributed by atoms with van der Waals surface area (Å²) in [4.78, 5) is 10.8. The molecule has 0 spiro atoms. The maximum absolute atomic E-state index is 10.8. The monoisotopic (exact) mass is 211 g/mol. The van der Waals surface area contributed by atoms with Gasteiger partial charge in [-0.1, -0.05) is 20.8 Å². The van der Waals surface area contributed by atoms with Gasteiger partial charge in [0, 0.05) is 23.7 Å². The molecule has 15 heavy (non-hydrogen) atoms. The summed E-state index contributed by atoms with van der Waals surface area (Å²) in [6, 6.07) is -1.01. The van der Waals surface area contributed by atoms with Crippen LogP contribution in [-0.2, 0) is 17.3 Å². The Kier molecular flexibility index (Phi) is 2.86. The molecule has 0 aliphatic carbocycles. The molecular weight excluding hydrogens is 194 g/mol. The van der Waals surface area contributed by atoms with E-state index in [2.05, 4.69) is 5.10 Å². The first-order valence-corrected chi connectivity index (χ1v) is 4.76. The van der Waals surface area contributed by atoms with E-state index in [-0.39, 0.29) is 5.41 Å². The molecule has 1 aromatic heterocycles. The van der Waals surface area contributed by atoms with Gasteiger partial charge in [0.05, 0.1) is 6.20 Å². The lowest BCUT2D eigenvalue weighted by molar-refractivity contribution is -0.138. The van der Waals surface area contributed by atoms with Crippen LogP contribution < -0.4 is 5.73 Å². The quantitative estimate of drug-likeness (QED) is 0.758. The van der Waals surface area contributed by atoms with Crippen molar-refractivity contribution < 1.29 is 9.90 Å². The molecule has 1 heterocycles. The summed E-state index contributed by atoms with van der Waals surface area (Å²) in [5.74, 6) is -1.03. The first kappa shape index (κ1) is 11.7. The summed E-state index contributed by atoms with van der Waals surface area (Å²) < 4.78 is 1.68. The predicted octanol–water partition coefficient (Wildman–Crippen LogP) is 0.802. The third-order valence-electron chi connectivity index (χ3n) is 2.28. The average molecular weight is 211 g/mol. The van der Waals surface area contributed by atoms with E-state index < -0.39 is 12.0 Å². The van der Waals surface area contributed by atoms with Gasteiger partial charge in [-0.15, -0.1) is 0 Å². The van der Waals surface area contributed by atoms with E-state index in [4.69, 9.17) is 10.8 Å². The highest BCUT2D eigenvalue weighted by molar-refractivity contribution is 5.75. The Labute approximate surface area is 88.9 Å². The molecule has 0 fully saturated rings. The van der Waals surface area contributed by atoms with E-state index in [1.54, 1.807) is 11.7 Å². The molecule has 1 aromatic rings. The molecule has 5 heteroatoms. The van der Waals surface area contributed by atoms with Crippen molar-refractivity contribution in [3.05, 3.63) is 17.5 Å². The zero-order valence-corrected chi connectivity index (χ0v) is 9.48. The molecule has 0 aliphatic rings. The van der Waals surface area contributed by atoms with E-state index in [1.165, 1.54) is 6.20 Å². The number of hydrogen-bond donors (Lipinski definition) is 2. The van der Waals surface area contributed by atoms with Crippen molar-refractivity contribution >= 4 is 5.97 Å². The zero-order valence-electron chi connectivity index (χ0n) is 9.48. The van der Waals surface area contributed by atoms with Crippen molar-refractivity contribution in [2.24, 2.45) is 12.8 Å². The van der Waals surface area contributed by atoms with Gasteiger partial charge in [0.15, 0.2) is 0 Å². The summed E-state index contributed by atoms with van der Waals surface area (Å²) in [5, 5.41) is 12.9. The number of rotatable bonds is 2. The molecule has 1 unspecified atom stereocenters. The van der Waals surface area contributed by atoms with Crippen molar-refractivity contribution in [1.82, 2.24) is 9.78 Å². The highest BCUT2D eigenvalue weighted by Gasteiger charge is 2.28. The number of carboxylic acids is 1. The van der Waals surface area contributed by atoms with Crippen LogP contribution in [-0.4, -0.2) is 20.9 Å². The lowest BCUT2D eigenvalue weighted by Crippen LogP contribution is -2.26. The average Bonchev–Trinajstić information content (AvgIpc) is 2.44. The van der Waals surface area contributed by atoms with Gasteiger partial charge in [-0.2, -0.15) is 5.10 Å². The fraction of sp³-hybridized carbons (Fsp3) is 0.600. The molecule has 0 bridgehead atoms. The second-order valence-corrected chi connectivity index (χ2v) is 4.64. The molecule has 5 nitrogen and oxygen atoms in total. The highest BCUT2D eigenvalue weighted by atomic mass is 16.4. The van der Waals surface area contributed by atoms with Crippen LogP contribution in [0.3, 0.4) is 0 Å².